The fraction of sp³-hybridized carbons (Fsp3) is 0.450. The molecule has 0 saturated carbocycles. The van der Waals surface area contributed by atoms with E-state index >= 15 is 0 Å². The van der Waals surface area contributed by atoms with Crippen LogP contribution in [0.3, 0.4) is 0 Å². The van der Waals surface area contributed by atoms with Crippen LogP contribution in [-0.4, -0.2) is 35.2 Å². The molecule has 3 rings (SSSR count). The number of anilines is 2. The SMILES string of the molecule is CCn1c(N2CCC[C@@H](C(=O)Nc3cccc(OC)c3)C2)cc(=O)n(C)c1=O. The lowest BCUT2D eigenvalue weighted by Crippen LogP contribution is -2.46. The molecule has 28 heavy (non-hydrogen) atoms. The Kier molecular flexibility index (Phi) is 5.87. The Morgan fingerprint density at radius 3 is 2.79 bits per heavy atom. The summed E-state index contributed by atoms with van der Waals surface area (Å²) in [5.41, 5.74) is 0.00105. The second-order valence-electron chi connectivity index (χ2n) is 6.93. The van der Waals surface area contributed by atoms with Crippen LogP contribution in [0.5, 0.6) is 5.75 Å². The summed E-state index contributed by atoms with van der Waals surface area (Å²) in [6.07, 6.45) is 1.57. The smallest absolute Gasteiger partial charge is 0.332 e. The number of rotatable bonds is 5. The summed E-state index contributed by atoms with van der Waals surface area (Å²) in [7, 11) is 3.05. The number of aromatic nitrogens is 2. The van der Waals surface area contributed by atoms with Gasteiger partial charge in [0, 0.05) is 44.5 Å². The topological polar surface area (TPSA) is 85.6 Å². The van der Waals surface area contributed by atoms with Crippen LogP contribution in [0, 0.1) is 5.92 Å². The third-order valence-electron chi connectivity index (χ3n) is 5.15. The molecule has 8 nitrogen and oxygen atoms in total. The molecule has 1 saturated heterocycles. The first kappa shape index (κ1) is 19.7. The molecule has 1 amide bonds. The van der Waals surface area contributed by atoms with Gasteiger partial charge in [-0.25, -0.2) is 4.79 Å². The standard InChI is InChI=1S/C20H26N4O4/c1-4-24-17(12-18(25)22(2)20(24)27)23-10-6-7-14(13-23)19(26)21-15-8-5-9-16(11-15)28-3/h5,8-9,11-12,14H,4,6-7,10,13H2,1-3H3,(H,21,26)/t14-/m1/s1. The number of ether oxygens (including phenoxy) is 1. The van der Waals surface area contributed by atoms with Crippen LogP contribution < -0.4 is 26.2 Å². The molecule has 1 aliphatic rings. The summed E-state index contributed by atoms with van der Waals surface area (Å²) in [5.74, 6) is 0.946. The molecule has 2 heterocycles. The van der Waals surface area contributed by atoms with Gasteiger partial charge < -0.3 is 15.0 Å². The van der Waals surface area contributed by atoms with Gasteiger partial charge in [0.1, 0.15) is 11.6 Å². The molecule has 1 aromatic heterocycles. The van der Waals surface area contributed by atoms with E-state index < -0.39 is 0 Å². The van der Waals surface area contributed by atoms with Crippen LogP contribution in [0.15, 0.2) is 39.9 Å². The van der Waals surface area contributed by atoms with Crippen molar-refractivity contribution in [3.63, 3.8) is 0 Å². The predicted molar refractivity (Wildman–Crippen MR) is 108 cm³/mol. The van der Waals surface area contributed by atoms with Crippen molar-refractivity contribution < 1.29 is 9.53 Å². The predicted octanol–water partition coefficient (Wildman–Crippen LogP) is 1.43. The van der Waals surface area contributed by atoms with E-state index in [0.717, 1.165) is 17.4 Å². The molecule has 150 valence electrons. The van der Waals surface area contributed by atoms with Crippen molar-refractivity contribution in [2.24, 2.45) is 13.0 Å². The Balaban J connectivity index is 1.80. The zero-order chi connectivity index (χ0) is 20.3. The molecule has 0 aliphatic carbocycles. The lowest BCUT2D eigenvalue weighted by atomic mass is 9.97. The van der Waals surface area contributed by atoms with Crippen LogP contribution >= 0.6 is 0 Å². The minimum Gasteiger partial charge on any atom is -0.497 e. The van der Waals surface area contributed by atoms with Crippen LogP contribution in [-0.2, 0) is 18.4 Å². The zero-order valence-electron chi connectivity index (χ0n) is 16.5. The number of nitrogens with zero attached hydrogens (tertiary/aromatic N) is 3. The molecular weight excluding hydrogens is 360 g/mol. The van der Waals surface area contributed by atoms with Crippen LogP contribution in [0.2, 0.25) is 0 Å². The minimum absolute atomic E-state index is 0.0767. The molecule has 1 atom stereocenters. The number of hydrogen-bond acceptors (Lipinski definition) is 5. The molecule has 1 N–H and O–H groups in total. The third-order valence-corrected chi connectivity index (χ3v) is 5.15. The highest BCUT2D eigenvalue weighted by Gasteiger charge is 2.28. The van der Waals surface area contributed by atoms with Crippen LogP contribution in [0.4, 0.5) is 11.5 Å². The molecule has 2 aromatic rings. The molecule has 0 unspecified atom stereocenters. The van der Waals surface area contributed by atoms with E-state index in [9.17, 15) is 14.4 Å². The van der Waals surface area contributed by atoms with Gasteiger partial charge >= 0.3 is 5.69 Å². The van der Waals surface area contributed by atoms with Gasteiger partial charge in [0.25, 0.3) is 5.56 Å². The Morgan fingerprint density at radius 2 is 2.07 bits per heavy atom. The van der Waals surface area contributed by atoms with Gasteiger partial charge in [-0.3, -0.25) is 18.7 Å². The van der Waals surface area contributed by atoms with Crippen molar-refractivity contribution in [1.82, 2.24) is 9.13 Å². The van der Waals surface area contributed by atoms with E-state index in [2.05, 4.69) is 5.32 Å². The number of nitrogens with one attached hydrogen (secondary N) is 1. The maximum atomic E-state index is 12.8. The minimum atomic E-state index is -0.340. The van der Waals surface area contributed by atoms with Crippen molar-refractivity contribution in [2.75, 3.05) is 30.4 Å². The summed E-state index contributed by atoms with van der Waals surface area (Å²) in [6.45, 7) is 3.49. The number of amides is 1. The lowest BCUT2D eigenvalue weighted by molar-refractivity contribution is -0.120. The number of carbonyl (C=O) groups excluding carboxylic acids is 1. The van der Waals surface area contributed by atoms with Gasteiger partial charge in [-0.15, -0.1) is 0 Å². The molecule has 1 aromatic carbocycles. The fourth-order valence-electron chi connectivity index (χ4n) is 3.56. The lowest BCUT2D eigenvalue weighted by Gasteiger charge is -2.34. The first-order valence-corrected chi connectivity index (χ1v) is 9.45. The Hall–Kier alpha value is -3.03. The molecule has 0 spiro atoms. The van der Waals surface area contributed by atoms with Crippen molar-refractivity contribution >= 4 is 17.4 Å². The molecular formula is C20H26N4O4. The van der Waals surface area contributed by atoms with Gasteiger partial charge in [-0.1, -0.05) is 6.07 Å². The molecule has 8 heteroatoms. The van der Waals surface area contributed by atoms with E-state index in [4.69, 9.17) is 4.74 Å². The van der Waals surface area contributed by atoms with E-state index in [1.165, 1.54) is 13.1 Å². The summed E-state index contributed by atoms with van der Waals surface area (Å²) in [5, 5.41) is 2.94. The normalized spacial score (nSPS) is 16.7. The van der Waals surface area contributed by atoms with E-state index in [1.54, 1.807) is 17.7 Å². The number of benzene rings is 1. The first-order valence-electron chi connectivity index (χ1n) is 9.45. The van der Waals surface area contributed by atoms with E-state index in [1.807, 2.05) is 30.0 Å². The number of piperidine rings is 1. The first-order chi connectivity index (χ1) is 13.4. The average molecular weight is 386 g/mol. The maximum absolute atomic E-state index is 12.8. The van der Waals surface area contributed by atoms with Gasteiger partial charge in [0.15, 0.2) is 0 Å². The zero-order valence-corrected chi connectivity index (χ0v) is 16.5. The monoisotopic (exact) mass is 386 g/mol. The second kappa shape index (κ2) is 8.33. The van der Waals surface area contributed by atoms with Crippen molar-refractivity contribution in [3.05, 3.63) is 51.2 Å². The van der Waals surface area contributed by atoms with Crippen molar-refractivity contribution in [1.29, 1.82) is 0 Å². The highest BCUT2D eigenvalue weighted by Crippen LogP contribution is 2.24. The van der Waals surface area contributed by atoms with Crippen molar-refractivity contribution in [2.45, 2.75) is 26.3 Å². The van der Waals surface area contributed by atoms with Crippen LogP contribution in [0.1, 0.15) is 19.8 Å². The van der Waals surface area contributed by atoms with Gasteiger partial charge in [0.05, 0.1) is 13.0 Å². The summed E-state index contributed by atoms with van der Waals surface area (Å²) in [4.78, 5) is 39.3. The molecule has 0 bridgehead atoms. The fourth-order valence-corrected chi connectivity index (χ4v) is 3.56. The summed E-state index contributed by atoms with van der Waals surface area (Å²) in [6, 6.07) is 8.71. The summed E-state index contributed by atoms with van der Waals surface area (Å²) >= 11 is 0. The van der Waals surface area contributed by atoms with Gasteiger partial charge in [-0.2, -0.15) is 0 Å². The van der Waals surface area contributed by atoms with Crippen molar-refractivity contribution in [3.8, 4) is 5.75 Å². The molecule has 1 fully saturated rings. The average Bonchev–Trinajstić information content (AvgIpc) is 2.72. The quantitative estimate of drug-likeness (QED) is 0.840. The van der Waals surface area contributed by atoms with E-state index in [-0.39, 0.29) is 23.1 Å². The maximum Gasteiger partial charge on any atom is 0.332 e. The Morgan fingerprint density at radius 1 is 1.29 bits per heavy atom. The second-order valence-corrected chi connectivity index (χ2v) is 6.93. The highest BCUT2D eigenvalue weighted by atomic mass is 16.5. The largest absolute Gasteiger partial charge is 0.497 e. The Labute approximate surface area is 163 Å². The van der Waals surface area contributed by atoms with Gasteiger partial charge in [-0.05, 0) is 31.9 Å². The number of methoxy groups -OCH3 is 1. The van der Waals surface area contributed by atoms with E-state index in [0.29, 0.717) is 36.9 Å². The Bertz CT molecular complexity index is 979. The summed E-state index contributed by atoms with van der Waals surface area (Å²) < 4.78 is 7.87. The third kappa shape index (κ3) is 3.95. The van der Waals surface area contributed by atoms with Gasteiger partial charge in [0.2, 0.25) is 5.91 Å². The number of hydrogen-bond donors (Lipinski definition) is 1. The highest BCUT2D eigenvalue weighted by molar-refractivity contribution is 5.93. The van der Waals surface area contributed by atoms with Crippen LogP contribution in [0.25, 0.3) is 0 Å². The molecule has 1 aliphatic heterocycles. The number of carbonyl (C=O) groups is 1. The molecule has 0 radical (unpaired) electrons.